The predicted octanol–water partition coefficient (Wildman–Crippen LogP) is 2.55. The summed E-state index contributed by atoms with van der Waals surface area (Å²) in [7, 11) is 0. The van der Waals surface area contributed by atoms with Crippen LogP contribution in [0.2, 0.25) is 0 Å². The van der Waals surface area contributed by atoms with Gasteiger partial charge in [-0.05, 0) is 43.6 Å². The zero-order chi connectivity index (χ0) is 11.6. The number of hydrogen-bond donors (Lipinski definition) is 0. The Labute approximate surface area is 97.7 Å². The van der Waals surface area contributed by atoms with E-state index in [-0.39, 0.29) is 5.97 Å². The second-order valence-corrected chi connectivity index (χ2v) is 5.26. The van der Waals surface area contributed by atoms with Crippen molar-refractivity contribution in [1.82, 2.24) is 9.78 Å². The van der Waals surface area contributed by atoms with Gasteiger partial charge in [0, 0.05) is 6.20 Å². The van der Waals surface area contributed by atoms with Gasteiger partial charge >= 0.3 is 5.97 Å². The summed E-state index contributed by atoms with van der Waals surface area (Å²) >= 11 is 3.28. The minimum Gasteiger partial charge on any atom is -0.458 e. The van der Waals surface area contributed by atoms with Gasteiger partial charge in [-0.25, -0.2) is 4.79 Å². The molecule has 15 heavy (non-hydrogen) atoms. The van der Waals surface area contributed by atoms with E-state index in [9.17, 15) is 4.79 Å². The van der Waals surface area contributed by atoms with Crippen molar-refractivity contribution >= 4 is 21.9 Å². The Morgan fingerprint density at radius 3 is 2.60 bits per heavy atom. The maximum absolute atomic E-state index is 11.7. The van der Waals surface area contributed by atoms with Gasteiger partial charge in [0.05, 0.1) is 10.7 Å². The number of esters is 1. The van der Waals surface area contributed by atoms with Crippen molar-refractivity contribution < 1.29 is 9.53 Å². The van der Waals surface area contributed by atoms with Gasteiger partial charge in [0.2, 0.25) is 0 Å². The molecule has 0 spiro atoms. The second kappa shape index (κ2) is 4.35. The highest BCUT2D eigenvalue weighted by molar-refractivity contribution is 9.10. The zero-order valence-corrected chi connectivity index (χ0v) is 10.9. The van der Waals surface area contributed by atoms with Crippen LogP contribution in [-0.4, -0.2) is 21.4 Å². The molecule has 1 aromatic heterocycles. The van der Waals surface area contributed by atoms with Gasteiger partial charge in [-0.15, -0.1) is 0 Å². The number of ether oxygens (including phenoxy) is 1. The minimum absolute atomic E-state index is 0.280. The molecule has 0 N–H and O–H groups in total. The predicted molar refractivity (Wildman–Crippen MR) is 60.5 cm³/mol. The van der Waals surface area contributed by atoms with Gasteiger partial charge in [0.25, 0.3) is 0 Å². The molecular formula is C10H15BrN2O2. The van der Waals surface area contributed by atoms with E-state index in [0.29, 0.717) is 0 Å². The molecule has 1 heterocycles. The molecule has 84 valence electrons. The van der Waals surface area contributed by atoms with Crippen LogP contribution in [0.3, 0.4) is 0 Å². The molecule has 1 rings (SSSR count). The van der Waals surface area contributed by atoms with Gasteiger partial charge in [-0.2, -0.15) is 5.10 Å². The fraction of sp³-hybridized carbons (Fsp3) is 0.600. The van der Waals surface area contributed by atoms with Gasteiger partial charge in [0.1, 0.15) is 11.6 Å². The fourth-order valence-corrected chi connectivity index (χ4v) is 1.32. The van der Waals surface area contributed by atoms with Crippen molar-refractivity contribution in [3.63, 3.8) is 0 Å². The van der Waals surface area contributed by atoms with E-state index in [1.807, 2.05) is 20.8 Å². The lowest BCUT2D eigenvalue weighted by Crippen LogP contribution is -2.29. The largest absolute Gasteiger partial charge is 0.458 e. The molecule has 0 saturated heterocycles. The second-order valence-electron chi connectivity index (χ2n) is 4.35. The first kappa shape index (κ1) is 12.2. The SMILES string of the molecule is CC(C(=O)OC(C)(C)C)n1cc(Br)cn1. The zero-order valence-electron chi connectivity index (χ0n) is 9.32. The quantitative estimate of drug-likeness (QED) is 0.779. The molecule has 0 aliphatic rings. The van der Waals surface area contributed by atoms with Crippen LogP contribution >= 0.6 is 15.9 Å². The van der Waals surface area contributed by atoms with Crippen LogP contribution in [0.1, 0.15) is 33.7 Å². The van der Waals surface area contributed by atoms with E-state index in [1.54, 1.807) is 24.0 Å². The summed E-state index contributed by atoms with van der Waals surface area (Å²) in [6.07, 6.45) is 3.38. The van der Waals surface area contributed by atoms with E-state index < -0.39 is 11.6 Å². The first-order chi connectivity index (χ1) is 6.79. The topological polar surface area (TPSA) is 44.1 Å². The van der Waals surface area contributed by atoms with Gasteiger partial charge < -0.3 is 4.74 Å². The molecule has 0 saturated carbocycles. The van der Waals surface area contributed by atoms with Crippen molar-refractivity contribution in [3.8, 4) is 0 Å². The Morgan fingerprint density at radius 2 is 2.20 bits per heavy atom. The van der Waals surface area contributed by atoms with Crippen molar-refractivity contribution in [2.75, 3.05) is 0 Å². The number of carbonyl (C=O) groups excluding carboxylic acids is 1. The molecule has 1 atom stereocenters. The molecule has 1 aromatic rings. The van der Waals surface area contributed by atoms with Crippen molar-refractivity contribution in [2.24, 2.45) is 0 Å². The van der Waals surface area contributed by atoms with Crippen LogP contribution in [0.4, 0.5) is 0 Å². The van der Waals surface area contributed by atoms with E-state index in [0.717, 1.165) is 4.47 Å². The summed E-state index contributed by atoms with van der Waals surface area (Å²) in [6, 6.07) is -0.407. The average Bonchev–Trinajstić information content (AvgIpc) is 2.47. The van der Waals surface area contributed by atoms with E-state index in [1.165, 1.54) is 0 Å². The molecule has 1 unspecified atom stereocenters. The van der Waals surface area contributed by atoms with E-state index in [2.05, 4.69) is 21.0 Å². The van der Waals surface area contributed by atoms with Crippen LogP contribution in [0.25, 0.3) is 0 Å². The first-order valence-corrected chi connectivity index (χ1v) is 5.51. The summed E-state index contributed by atoms with van der Waals surface area (Å²) in [4.78, 5) is 11.7. The van der Waals surface area contributed by atoms with Crippen LogP contribution < -0.4 is 0 Å². The van der Waals surface area contributed by atoms with Crippen molar-refractivity contribution in [2.45, 2.75) is 39.3 Å². The maximum Gasteiger partial charge on any atom is 0.331 e. The molecular weight excluding hydrogens is 260 g/mol. The molecule has 5 heteroatoms. The van der Waals surface area contributed by atoms with Crippen LogP contribution in [0.15, 0.2) is 16.9 Å². The highest BCUT2D eigenvalue weighted by Crippen LogP contribution is 2.16. The van der Waals surface area contributed by atoms with Crippen molar-refractivity contribution in [1.29, 1.82) is 0 Å². The lowest BCUT2D eigenvalue weighted by atomic mass is 10.2. The summed E-state index contributed by atoms with van der Waals surface area (Å²) in [5, 5.41) is 4.04. The van der Waals surface area contributed by atoms with Crippen LogP contribution in [-0.2, 0) is 9.53 Å². The molecule has 4 nitrogen and oxygen atoms in total. The lowest BCUT2D eigenvalue weighted by Gasteiger charge is -2.22. The number of halogens is 1. The third-order valence-electron chi connectivity index (χ3n) is 1.71. The standard InChI is InChI=1S/C10H15BrN2O2/c1-7(9(14)15-10(2,3)4)13-6-8(11)5-12-13/h5-7H,1-4H3. The highest BCUT2D eigenvalue weighted by atomic mass is 79.9. The van der Waals surface area contributed by atoms with Gasteiger partial charge in [-0.1, -0.05) is 0 Å². The van der Waals surface area contributed by atoms with Crippen LogP contribution in [0, 0.1) is 0 Å². The van der Waals surface area contributed by atoms with E-state index in [4.69, 9.17) is 4.74 Å². The Hall–Kier alpha value is -0.840. The Morgan fingerprint density at radius 1 is 1.60 bits per heavy atom. The van der Waals surface area contributed by atoms with Gasteiger partial charge in [0.15, 0.2) is 0 Å². The lowest BCUT2D eigenvalue weighted by molar-refractivity contribution is -0.158. The summed E-state index contributed by atoms with van der Waals surface area (Å²) in [6.45, 7) is 7.29. The average molecular weight is 275 g/mol. The van der Waals surface area contributed by atoms with Gasteiger partial charge in [-0.3, -0.25) is 4.68 Å². The molecule has 0 aliphatic carbocycles. The Bertz CT molecular complexity index is 355. The van der Waals surface area contributed by atoms with E-state index >= 15 is 0 Å². The number of nitrogens with zero attached hydrogens (tertiary/aromatic N) is 2. The third kappa shape index (κ3) is 3.66. The number of aromatic nitrogens is 2. The third-order valence-corrected chi connectivity index (χ3v) is 2.12. The van der Waals surface area contributed by atoms with Crippen molar-refractivity contribution in [3.05, 3.63) is 16.9 Å². The Kier molecular flexibility index (Phi) is 3.54. The first-order valence-electron chi connectivity index (χ1n) is 4.72. The normalized spacial score (nSPS) is 13.7. The summed E-state index contributed by atoms with van der Waals surface area (Å²) in [5.74, 6) is -0.280. The molecule has 0 aromatic carbocycles. The molecule has 0 radical (unpaired) electrons. The highest BCUT2D eigenvalue weighted by Gasteiger charge is 2.23. The minimum atomic E-state index is -0.463. The molecule has 0 bridgehead atoms. The number of hydrogen-bond acceptors (Lipinski definition) is 3. The maximum atomic E-state index is 11.7. The smallest absolute Gasteiger partial charge is 0.331 e. The number of rotatable bonds is 2. The fourth-order valence-electron chi connectivity index (χ4n) is 1.02. The summed E-state index contributed by atoms with van der Waals surface area (Å²) < 4.78 is 7.66. The Balaban J connectivity index is 2.69. The molecule has 0 aliphatic heterocycles. The summed E-state index contributed by atoms with van der Waals surface area (Å²) in [5.41, 5.74) is -0.463. The molecule has 0 fully saturated rings. The monoisotopic (exact) mass is 274 g/mol. The van der Waals surface area contributed by atoms with Crippen LogP contribution in [0.5, 0.6) is 0 Å². The number of carbonyl (C=O) groups is 1. The molecule has 0 amide bonds.